The number of benzene rings is 2. The summed E-state index contributed by atoms with van der Waals surface area (Å²) in [4.78, 5) is 33.0. The summed E-state index contributed by atoms with van der Waals surface area (Å²) in [7, 11) is 0. The number of rotatable bonds is 6. The lowest BCUT2D eigenvalue weighted by Crippen LogP contribution is -2.16. The van der Waals surface area contributed by atoms with Crippen molar-refractivity contribution in [3.8, 4) is 22.0 Å². The number of hydrogen-bond acceptors (Lipinski definition) is 6. The van der Waals surface area contributed by atoms with Crippen LogP contribution in [0.15, 0.2) is 79.0 Å². The van der Waals surface area contributed by atoms with E-state index in [4.69, 9.17) is 9.97 Å². The summed E-state index contributed by atoms with van der Waals surface area (Å²) in [5.41, 5.74) is 4.60. The maximum absolute atomic E-state index is 13.5. The van der Waals surface area contributed by atoms with Crippen LogP contribution in [0.5, 0.6) is 0 Å². The van der Waals surface area contributed by atoms with Crippen molar-refractivity contribution >= 4 is 33.3 Å². The van der Waals surface area contributed by atoms with Gasteiger partial charge in [-0.15, -0.1) is 0 Å². The first kappa shape index (κ1) is 22.5. The number of fused-ring (bicyclic) bond motifs is 1. The zero-order valence-corrected chi connectivity index (χ0v) is 20.5. The van der Waals surface area contributed by atoms with Crippen LogP contribution in [0.25, 0.3) is 32.3 Å². The highest BCUT2D eigenvalue weighted by Gasteiger charge is 2.20. The summed E-state index contributed by atoms with van der Waals surface area (Å²) in [6.07, 6.45) is 7.62. The number of thiazole rings is 1. The highest BCUT2D eigenvalue weighted by molar-refractivity contribution is 7.21. The monoisotopic (exact) mass is 491 g/mol. The molecule has 0 saturated heterocycles. The van der Waals surface area contributed by atoms with Gasteiger partial charge in [0.1, 0.15) is 21.0 Å². The van der Waals surface area contributed by atoms with Crippen molar-refractivity contribution in [2.75, 3.05) is 5.32 Å². The molecule has 5 aromatic rings. The molecule has 0 spiro atoms. The molecule has 3 aromatic heterocycles. The minimum Gasteiger partial charge on any atom is -0.320 e. The predicted molar refractivity (Wildman–Crippen MR) is 144 cm³/mol. The third-order valence-electron chi connectivity index (χ3n) is 6.59. The molecule has 6 nitrogen and oxygen atoms in total. The van der Waals surface area contributed by atoms with Crippen LogP contribution in [0.1, 0.15) is 41.9 Å². The van der Waals surface area contributed by atoms with E-state index in [9.17, 15) is 4.79 Å². The Labute approximate surface area is 213 Å². The van der Waals surface area contributed by atoms with Crippen molar-refractivity contribution in [3.63, 3.8) is 0 Å². The van der Waals surface area contributed by atoms with Crippen LogP contribution in [0.4, 0.5) is 5.69 Å². The first-order valence-electron chi connectivity index (χ1n) is 12.3. The summed E-state index contributed by atoms with van der Waals surface area (Å²) in [5.74, 6) is 0.948. The Morgan fingerprint density at radius 2 is 1.72 bits per heavy atom. The molecule has 1 N–H and O–H groups in total. The quantitative estimate of drug-likeness (QED) is 0.282. The number of pyridine rings is 1. The van der Waals surface area contributed by atoms with Gasteiger partial charge in [0.2, 0.25) is 0 Å². The molecule has 178 valence electrons. The van der Waals surface area contributed by atoms with Crippen LogP contribution in [-0.4, -0.2) is 25.8 Å². The summed E-state index contributed by atoms with van der Waals surface area (Å²) < 4.78 is 0. The number of aromatic nitrogens is 4. The lowest BCUT2D eigenvalue weighted by molar-refractivity contribution is 0.102. The summed E-state index contributed by atoms with van der Waals surface area (Å²) in [5, 5.41) is 3.90. The van der Waals surface area contributed by atoms with Crippen LogP contribution < -0.4 is 5.32 Å². The maximum Gasteiger partial charge on any atom is 0.274 e. The average molecular weight is 492 g/mol. The molecule has 3 heterocycles. The van der Waals surface area contributed by atoms with Gasteiger partial charge in [0.05, 0.1) is 5.69 Å². The topological polar surface area (TPSA) is 80.7 Å². The Balaban J connectivity index is 1.34. The molecule has 7 heteroatoms. The summed E-state index contributed by atoms with van der Waals surface area (Å²) in [6.45, 7) is 0. The van der Waals surface area contributed by atoms with Crippen LogP contribution in [0.3, 0.4) is 0 Å². The number of hydrogen-bond donors (Lipinski definition) is 1. The Morgan fingerprint density at radius 3 is 2.56 bits per heavy atom. The number of anilines is 1. The van der Waals surface area contributed by atoms with Crippen LogP contribution in [-0.2, 0) is 6.42 Å². The van der Waals surface area contributed by atoms with Gasteiger partial charge in [-0.1, -0.05) is 79.5 Å². The molecule has 0 aliphatic heterocycles. The fourth-order valence-corrected chi connectivity index (χ4v) is 5.74. The fraction of sp³-hybridized carbons (Fsp3) is 0.207. The summed E-state index contributed by atoms with van der Waals surface area (Å²) >= 11 is 1.51. The molecule has 0 radical (unpaired) electrons. The van der Waals surface area contributed by atoms with Gasteiger partial charge in [-0.3, -0.25) is 4.79 Å². The van der Waals surface area contributed by atoms with E-state index in [1.165, 1.54) is 37.0 Å². The van der Waals surface area contributed by atoms with Gasteiger partial charge in [0, 0.05) is 23.0 Å². The van der Waals surface area contributed by atoms with Crippen molar-refractivity contribution in [1.82, 2.24) is 19.9 Å². The van der Waals surface area contributed by atoms with E-state index in [-0.39, 0.29) is 5.91 Å². The van der Waals surface area contributed by atoms with Crippen molar-refractivity contribution in [3.05, 3.63) is 90.4 Å². The molecule has 36 heavy (non-hydrogen) atoms. The first-order valence-corrected chi connectivity index (χ1v) is 13.1. The maximum atomic E-state index is 13.5. The van der Waals surface area contributed by atoms with E-state index < -0.39 is 0 Å². The molecule has 0 atom stereocenters. The number of amides is 1. The molecule has 1 amide bonds. The van der Waals surface area contributed by atoms with E-state index in [0.29, 0.717) is 23.1 Å². The van der Waals surface area contributed by atoms with Crippen molar-refractivity contribution < 1.29 is 4.79 Å². The van der Waals surface area contributed by atoms with Gasteiger partial charge < -0.3 is 5.32 Å². The number of para-hydroxylation sites is 1. The Hall–Kier alpha value is -3.97. The second-order valence-electron chi connectivity index (χ2n) is 9.14. The lowest BCUT2D eigenvalue weighted by Gasteiger charge is -2.13. The SMILES string of the molecule is O=C(Nc1ccccc1-c1nc2cccnc2s1)c1cc(CC2CCCC2)nc(-c2ccccc2)n1. The average Bonchev–Trinajstić information content (AvgIpc) is 3.59. The summed E-state index contributed by atoms with van der Waals surface area (Å²) in [6, 6.07) is 23.2. The van der Waals surface area contributed by atoms with Gasteiger partial charge in [-0.25, -0.2) is 19.9 Å². The van der Waals surface area contributed by atoms with E-state index in [1.807, 2.05) is 72.8 Å². The van der Waals surface area contributed by atoms with E-state index in [1.54, 1.807) is 6.20 Å². The largest absolute Gasteiger partial charge is 0.320 e. The third kappa shape index (κ3) is 4.75. The lowest BCUT2D eigenvalue weighted by atomic mass is 10.0. The molecule has 0 bridgehead atoms. The second-order valence-corrected chi connectivity index (χ2v) is 10.1. The number of nitrogens with one attached hydrogen (secondary N) is 1. The zero-order valence-electron chi connectivity index (χ0n) is 19.7. The van der Waals surface area contributed by atoms with E-state index in [0.717, 1.165) is 38.6 Å². The number of carbonyl (C=O) groups is 1. The van der Waals surface area contributed by atoms with Crippen LogP contribution >= 0.6 is 11.3 Å². The Kier molecular flexibility index (Phi) is 6.22. The van der Waals surface area contributed by atoms with Gasteiger partial charge >= 0.3 is 0 Å². The molecular formula is C29H25N5OS. The third-order valence-corrected chi connectivity index (χ3v) is 7.60. The minimum atomic E-state index is -0.256. The normalized spacial score (nSPS) is 13.8. The molecule has 1 saturated carbocycles. The zero-order chi connectivity index (χ0) is 24.3. The van der Waals surface area contributed by atoms with Crippen LogP contribution in [0, 0.1) is 5.92 Å². The highest BCUT2D eigenvalue weighted by Crippen LogP contribution is 2.34. The smallest absolute Gasteiger partial charge is 0.274 e. The molecule has 2 aromatic carbocycles. The Bertz CT molecular complexity index is 1490. The first-order chi connectivity index (χ1) is 17.7. The van der Waals surface area contributed by atoms with Crippen molar-refractivity contribution in [2.45, 2.75) is 32.1 Å². The van der Waals surface area contributed by atoms with Crippen LogP contribution in [0.2, 0.25) is 0 Å². The minimum absolute atomic E-state index is 0.256. The predicted octanol–water partition coefficient (Wildman–Crippen LogP) is 6.80. The van der Waals surface area contributed by atoms with Crippen molar-refractivity contribution in [2.24, 2.45) is 5.92 Å². The standard InChI is InChI=1S/C29H25N5OS/c35-27(33-23-14-7-6-13-22(23)28-34-24-15-8-16-30-29(24)36-28)25-18-21(17-19-9-4-5-10-19)31-26(32-25)20-11-2-1-3-12-20/h1-3,6-8,11-16,18-19H,4-5,9-10,17H2,(H,33,35). The van der Waals surface area contributed by atoms with Gasteiger partial charge in [0.25, 0.3) is 5.91 Å². The number of carbonyl (C=O) groups excluding carboxylic acids is 1. The van der Waals surface area contributed by atoms with Gasteiger partial charge in [-0.05, 0) is 42.7 Å². The van der Waals surface area contributed by atoms with Gasteiger partial charge in [0.15, 0.2) is 5.82 Å². The molecule has 0 unspecified atom stereocenters. The Morgan fingerprint density at radius 1 is 0.917 bits per heavy atom. The highest BCUT2D eigenvalue weighted by atomic mass is 32.1. The molecule has 1 aliphatic rings. The van der Waals surface area contributed by atoms with Crippen molar-refractivity contribution in [1.29, 1.82) is 0 Å². The fourth-order valence-electron chi connectivity index (χ4n) is 4.79. The molecule has 6 rings (SSSR count). The molecular weight excluding hydrogens is 466 g/mol. The van der Waals surface area contributed by atoms with E-state index in [2.05, 4.69) is 15.3 Å². The molecule has 1 aliphatic carbocycles. The second kappa shape index (κ2) is 9.95. The molecule has 1 fully saturated rings. The van der Waals surface area contributed by atoms with Gasteiger partial charge in [-0.2, -0.15) is 0 Å². The van der Waals surface area contributed by atoms with E-state index >= 15 is 0 Å². The number of nitrogens with zero attached hydrogens (tertiary/aromatic N) is 4.